The normalized spacial score (nSPS) is 11.3. The Morgan fingerprint density at radius 3 is 2.59 bits per heavy atom. The van der Waals surface area contributed by atoms with Gasteiger partial charge in [0.15, 0.2) is 5.78 Å². The van der Waals surface area contributed by atoms with Crippen molar-refractivity contribution in [2.75, 3.05) is 17.6 Å². The van der Waals surface area contributed by atoms with Gasteiger partial charge in [-0.1, -0.05) is 20.8 Å². The van der Waals surface area contributed by atoms with Crippen LogP contribution in [0, 0.1) is 5.41 Å². The van der Waals surface area contributed by atoms with Gasteiger partial charge < -0.3 is 11.1 Å². The Morgan fingerprint density at radius 1 is 1.41 bits per heavy atom. The zero-order valence-electron chi connectivity index (χ0n) is 11.1. The molecular weight excluding hydrogens is 212 g/mol. The molecule has 0 aromatic heterocycles. The molecule has 0 unspecified atom stereocenters. The quantitative estimate of drug-likeness (QED) is 0.607. The van der Waals surface area contributed by atoms with E-state index in [2.05, 4.69) is 26.1 Å². The molecule has 0 radical (unpaired) electrons. The van der Waals surface area contributed by atoms with E-state index in [0.29, 0.717) is 11.3 Å². The van der Waals surface area contributed by atoms with Gasteiger partial charge in [-0.05, 0) is 37.0 Å². The molecular formula is C14H22N2O. The fraction of sp³-hybridized carbons (Fsp3) is 0.500. The van der Waals surface area contributed by atoms with Gasteiger partial charge in [0.2, 0.25) is 0 Å². The molecule has 0 fully saturated rings. The highest BCUT2D eigenvalue weighted by atomic mass is 16.1. The van der Waals surface area contributed by atoms with E-state index in [1.165, 1.54) is 6.92 Å². The summed E-state index contributed by atoms with van der Waals surface area (Å²) in [7, 11) is 0. The lowest BCUT2D eigenvalue weighted by Gasteiger charge is -2.23. The van der Waals surface area contributed by atoms with Crippen LogP contribution in [0.4, 0.5) is 11.4 Å². The Morgan fingerprint density at radius 2 is 2.06 bits per heavy atom. The fourth-order valence-electron chi connectivity index (χ4n) is 1.44. The summed E-state index contributed by atoms with van der Waals surface area (Å²) in [5.41, 5.74) is 8.07. The lowest BCUT2D eigenvalue weighted by Crippen LogP contribution is -2.22. The molecule has 3 N–H and O–H groups in total. The van der Waals surface area contributed by atoms with Gasteiger partial charge in [0.25, 0.3) is 0 Å². The summed E-state index contributed by atoms with van der Waals surface area (Å²) in [4.78, 5) is 11.4. The van der Waals surface area contributed by atoms with E-state index in [9.17, 15) is 4.79 Å². The number of anilines is 2. The van der Waals surface area contributed by atoms with Crippen LogP contribution in [0.5, 0.6) is 0 Å². The molecule has 0 amide bonds. The van der Waals surface area contributed by atoms with Crippen molar-refractivity contribution >= 4 is 17.2 Å². The molecule has 0 aliphatic carbocycles. The third-order valence-corrected chi connectivity index (χ3v) is 3.16. The number of Topliss-reactive ketones (excluding diaryl/α,β-unsaturated/α-hetero) is 1. The van der Waals surface area contributed by atoms with Gasteiger partial charge in [-0.25, -0.2) is 0 Å². The van der Waals surface area contributed by atoms with E-state index in [4.69, 9.17) is 5.73 Å². The number of nitrogens with one attached hydrogen (secondary N) is 1. The van der Waals surface area contributed by atoms with Gasteiger partial charge in [0.1, 0.15) is 0 Å². The van der Waals surface area contributed by atoms with Crippen molar-refractivity contribution in [1.82, 2.24) is 0 Å². The standard InChI is InChI=1S/C14H22N2O/c1-5-14(3,4)9-16-11-6-7-13(15)12(8-11)10(2)17/h6-8,16H,5,9,15H2,1-4H3. The van der Waals surface area contributed by atoms with Crippen LogP contribution in [0.1, 0.15) is 44.5 Å². The second-order valence-corrected chi connectivity index (χ2v) is 5.23. The predicted octanol–water partition coefficient (Wildman–Crippen LogP) is 3.32. The lowest BCUT2D eigenvalue weighted by atomic mass is 9.90. The van der Waals surface area contributed by atoms with Crippen molar-refractivity contribution in [2.24, 2.45) is 5.41 Å². The molecule has 1 aromatic rings. The van der Waals surface area contributed by atoms with Gasteiger partial charge in [-0.2, -0.15) is 0 Å². The van der Waals surface area contributed by atoms with Crippen molar-refractivity contribution in [1.29, 1.82) is 0 Å². The third-order valence-electron chi connectivity index (χ3n) is 3.16. The Kier molecular flexibility index (Phi) is 4.16. The molecule has 1 aromatic carbocycles. The average molecular weight is 234 g/mol. The summed E-state index contributed by atoms with van der Waals surface area (Å²) in [6, 6.07) is 5.51. The molecule has 1 rings (SSSR count). The van der Waals surface area contributed by atoms with E-state index >= 15 is 0 Å². The first-order valence-electron chi connectivity index (χ1n) is 6.00. The first kappa shape index (κ1) is 13.6. The highest BCUT2D eigenvalue weighted by Crippen LogP contribution is 2.23. The first-order valence-corrected chi connectivity index (χ1v) is 6.00. The summed E-state index contributed by atoms with van der Waals surface area (Å²) in [5, 5.41) is 3.35. The SMILES string of the molecule is CCC(C)(C)CNc1ccc(N)c(C(C)=O)c1. The molecule has 0 spiro atoms. The molecule has 0 bridgehead atoms. The van der Waals surface area contributed by atoms with Gasteiger partial charge in [0, 0.05) is 23.5 Å². The van der Waals surface area contributed by atoms with Gasteiger partial charge in [0.05, 0.1) is 0 Å². The summed E-state index contributed by atoms with van der Waals surface area (Å²) in [6.45, 7) is 9.01. The second-order valence-electron chi connectivity index (χ2n) is 5.23. The van der Waals surface area contributed by atoms with Crippen LogP contribution in [0.3, 0.4) is 0 Å². The minimum absolute atomic E-state index is 0.000835. The van der Waals surface area contributed by atoms with Gasteiger partial charge >= 0.3 is 0 Å². The van der Waals surface area contributed by atoms with Crippen LogP contribution in [0.15, 0.2) is 18.2 Å². The fourth-order valence-corrected chi connectivity index (χ4v) is 1.44. The van der Waals surface area contributed by atoms with Crippen LogP contribution < -0.4 is 11.1 Å². The molecule has 0 aliphatic rings. The summed E-state index contributed by atoms with van der Waals surface area (Å²) in [6.07, 6.45) is 1.11. The third kappa shape index (κ3) is 3.77. The average Bonchev–Trinajstić information content (AvgIpc) is 2.27. The first-order chi connectivity index (χ1) is 7.85. The molecule has 3 nitrogen and oxygen atoms in total. The van der Waals surface area contributed by atoms with Crippen LogP contribution in [0.2, 0.25) is 0 Å². The Bertz CT molecular complexity index is 411. The van der Waals surface area contributed by atoms with Crippen LogP contribution in [-0.4, -0.2) is 12.3 Å². The number of hydrogen-bond acceptors (Lipinski definition) is 3. The van der Waals surface area contributed by atoms with Gasteiger partial charge in [-0.15, -0.1) is 0 Å². The van der Waals surface area contributed by atoms with E-state index < -0.39 is 0 Å². The minimum Gasteiger partial charge on any atom is -0.398 e. The van der Waals surface area contributed by atoms with E-state index in [1.54, 1.807) is 6.07 Å². The highest BCUT2D eigenvalue weighted by Gasteiger charge is 2.14. The second kappa shape index (κ2) is 5.21. The molecule has 17 heavy (non-hydrogen) atoms. The predicted molar refractivity (Wildman–Crippen MR) is 73.4 cm³/mol. The van der Waals surface area contributed by atoms with Crippen molar-refractivity contribution < 1.29 is 4.79 Å². The van der Waals surface area contributed by atoms with Crippen molar-refractivity contribution in [2.45, 2.75) is 34.1 Å². The molecule has 0 aliphatic heterocycles. The highest BCUT2D eigenvalue weighted by molar-refractivity contribution is 5.99. The van der Waals surface area contributed by atoms with Crippen molar-refractivity contribution in [3.05, 3.63) is 23.8 Å². The molecule has 3 heteroatoms. The Balaban J connectivity index is 2.80. The Labute approximate surface area is 103 Å². The molecule has 0 saturated heterocycles. The van der Waals surface area contributed by atoms with Crippen LogP contribution in [0.25, 0.3) is 0 Å². The largest absolute Gasteiger partial charge is 0.398 e. The molecule has 94 valence electrons. The number of carbonyl (C=O) groups is 1. The number of nitrogens with two attached hydrogens (primary N) is 1. The number of rotatable bonds is 5. The van der Waals surface area contributed by atoms with E-state index in [0.717, 1.165) is 18.7 Å². The summed E-state index contributed by atoms with van der Waals surface area (Å²) < 4.78 is 0. The zero-order chi connectivity index (χ0) is 13.1. The number of nitrogen functional groups attached to an aromatic ring is 1. The zero-order valence-corrected chi connectivity index (χ0v) is 11.1. The maximum atomic E-state index is 11.4. The molecule has 0 saturated carbocycles. The topological polar surface area (TPSA) is 55.1 Å². The number of carbonyl (C=O) groups excluding carboxylic acids is 1. The summed E-state index contributed by atoms with van der Waals surface area (Å²) >= 11 is 0. The van der Waals surface area contributed by atoms with E-state index in [1.807, 2.05) is 12.1 Å². The maximum Gasteiger partial charge on any atom is 0.161 e. The van der Waals surface area contributed by atoms with Crippen LogP contribution in [-0.2, 0) is 0 Å². The molecule has 0 heterocycles. The van der Waals surface area contributed by atoms with Crippen LogP contribution >= 0.6 is 0 Å². The van der Waals surface area contributed by atoms with E-state index in [-0.39, 0.29) is 11.2 Å². The maximum absolute atomic E-state index is 11.4. The number of hydrogen-bond donors (Lipinski definition) is 2. The smallest absolute Gasteiger partial charge is 0.161 e. The van der Waals surface area contributed by atoms with Crippen molar-refractivity contribution in [3.63, 3.8) is 0 Å². The number of benzene rings is 1. The number of ketones is 1. The van der Waals surface area contributed by atoms with Gasteiger partial charge in [-0.3, -0.25) is 4.79 Å². The van der Waals surface area contributed by atoms with Crippen molar-refractivity contribution in [3.8, 4) is 0 Å². The molecule has 0 atom stereocenters. The lowest BCUT2D eigenvalue weighted by molar-refractivity contribution is 0.101. The summed E-state index contributed by atoms with van der Waals surface area (Å²) in [5.74, 6) is 0.000835. The Hall–Kier alpha value is -1.51. The monoisotopic (exact) mass is 234 g/mol. The minimum atomic E-state index is 0.000835.